The minimum absolute atomic E-state index is 0.178. The van der Waals surface area contributed by atoms with Crippen LogP contribution in [0.5, 0.6) is 0 Å². The van der Waals surface area contributed by atoms with E-state index in [0.29, 0.717) is 13.0 Å². The van der Waals surface area contributed by atoms with Crippen LogP contribution in [0.4, 0.5) is 8.78 Å². The summed E-state index contributed by atoms with van der Waals surface area (Å²) in [6.07, 6.45) is 1.95. The third kappa shape index (κ3) is 2.95. The second-order valence-corrected chi connectivity index (χ2v) is 4.85. The Hall–Kier alpha value is -1.98. The number of aliphatic carboxylic acids is 1. The molecule has 0 aliphatic carbocycles. The maximum absolute atomic E-state index is 13.7. The first-order chi connectivity index (χ1) is 9.50. The Balaban J connectivity index is 2.25. The molecule has 1 saturated heterocycles. The van der Waals surface area contributed by atoms with Gasteiger partial charge in [0.25, 0.3) is 5.91 Å². The molecule has 1 heterocycles. The molecule has 20 heavy (non-hydrogen) atoms. The van der Waals surface area contributed by atoms with Crippen LogP contribution in [-0.4, -0.2) is 34.5 Å². The highest BCUT2D eigenvalue weighted by atomic mass is 19.2. The molecule has 2 rings (SSSR count). The van der Waals surface area contributed by atoms with E-state index in [9.17, 15) is 18.4 Å². The minimum Gasteiger partial charge on any atom is -0.481 e. The molecular formula is C14H15F2NO3. The summed E-state index contributed by atoms with van der Waals surface area (Å²) in [5.41, 5.74) is -0.345. The van der Waals surface area contributed by atoms with Crippen LogP contribution >= 0.6 is 0 Å². The van der Waals surface area contributed by atoms with Gasteiger partial charge in [-0.1, -0.05) is 6.07 Å². The maximum Gasteiger partial charge on any atom is 0.305 e. The molecule has 1 aromatic rings. The predicted molar refractivity (Wildman–Crippen MR) is 67.3 cm³/mol. The van der Waals surface area contributed by atoms with Gasteiger partial charge in [-0.05, 0) is 31.4 Å². The van der Waals surface area contributed by atoms with Crippen molar-refractivity contribution in [2.75, 3.05) is 6.54 Å². The summed E-state index contributed by atoms with van der Waals surface area (Å²) < 4.78 is 26.8. The molecule has 1 atom stereocenters. The second-order valence-electron chi connectivity index (χ2n) is 4.85. The van der Waals surface area contributed by atoms with Gasteiger partial charge in [-0.25, -0.2) is 8.78 Å². The van der Waals surface area contributed by atoms with Crippen LogP contribution in [0.15, 0.2) is 18.2 Å². The van der Waals surface area contributed by atoms with Crippen molar-refractivity contribution in [2.24, 2.45) is 0 Å². The van der Waals surface area contributed by atoms with E-state index in [-0.39, 0.29) is 12.0 Å². The van der Waals surface area contributed by atoms with E-state index >= 15 is 0 Å². The third-order valence-electron chi connectivity index (χ3n) is 3.48. The Kier molecular flexibility index (Phi) is 4.32. The Morgan fingerprint density at radius 1 is 1.30 bits per heavy atom. The number of carboxylic acids is 1. The number of carboxylic acid groups (broad SMARTS) is 1. The maximum atomic E-state index is 13.7. The summed E-state index contributed by atoms with van der Waals surface area (Å²) in [4.78, 5) is 24.5. The molecule has 0 saturated carbocycles. The molecule has 1 N–H and O–H groups in total. The first kappa shape index (κ1) is 14.4. The summed E-state index contributed by atoms with van der Waals surface area (Å²) in [7, 11) is 0. The van der Waals surface area contributed by atoms with Crippen molar-refractivity contribution in [3.63, 3.8) is 0 Å². The first-order valence-electron chi connectivity index (χ1n) is 6.47. The lowest BCUT2D eigenvalue weighted by Crippen LogP contribution is -2.45. The van der Waals surface area contributed by atoms with Gasteiger partial charge in [0.05, 0.1) is 12.0 Å². The number of carbonyl (C=O) groups is 2. The highest BCUT2D eigenvalue weighted by molar-refractivity contribution is 5.95. The van der Waals surface area contributed by atoms with E-state index in [1.807, 2.05) is 0 Å². The summed E-state index contributed by atoms with van der Waals surface area (Å²) in [6, 6.07) is 2.96. The fourth-order valence-electron chi connectivity index (χ4n) is 2.51. The molecule has 0 radical (unpaired) electrons. The average molecular weight is 283 g/mol. The molecule has 1 aliphatic heterocycles. The van der Waals surface area contributed by atoms with Gasteiger partial charge in [-0.2, -0.15) is 0 Å². The Morgan fingerprint density at radius 2 is 2.05 bits per heavy atom. The van der Waals surface area contributed by atoms with Gasteiger partial charge < -0.3 is 10.0 Å². The van der Waals surface area contributed by atoms with Gasteiger partial charge >= 0.3 is 5.97 Å². The molecule has 0 aromatic heterocycles. The summed E-state index contributed by atoms with van der Waals surface area (Å²) in [5.74, 6) is -3.91. The van der Waals surface area contributed by atoms with Crippen molar-refractivity contribution in [3.8, 4) is 0 Å². The second kappa shape index (κ2) is 5.98. The number of benzene rings is 1. The van der Waals surface area contributed by atoms with Crippen LogP contribution in [0.25, 0.3) is 0 Å². The Morgan fingerprint density at radius 3 is 2.75 bits per heavy atom. The molecule has 1 fully saturated rings. The molecule has 0 bridgehead atoms. The molecular weight excluding hydrogens is 268 g/mol. The summed E-state index contributed by atoms with van der Waals surface area (Å²) in [6.45, 7) is 0.368. The van der Waals surface area contributed by atoms with Crippen LogP contribution in [-0.2, 0) is 4.79 Å². The Labute approximate surface area is 115 Å². The van der Waals surface area contributed by atoms with Gasteiger partial charge in [0.15, 0.2) is 11.6 Å². The lowest BCUT2D eigenvalue weighted by molar-refractivity contribution is -0.138. The molecule has 1 unspecified atom stereocenters. The van der Waals surface area contributed by atoms with E-state index in [0.717, 1.165) is 18.9 Å². The van der Waals surface area contributed by atoms with Gasteiger partial charge in [0.1, 0.15) is 0 Å². The van der Waals surface area contributed by atoms with E-state index < -0.39 is 29.6 Å². The van der Waals surface area contributed by atoms with E-state index in [1.54, 1.807) is 0 Å². The van der Waals surface area contributed by atoms with Crippen LogP contribution in [0.1, 0.15) is 36.0 Å². The topological polar surface area (TPSA) is 57.6 Å². The molecule has 6 heteroatoms. The average Bonchev–Trinajstić information content (AvgIpc) is 2.41. The highest BCUT2D eigenvalue weighted by Crippen LogP contribution is 2.23. The van der Waals surface area contributed by atoms with Crippen molar-refractivity contribution in [3.05, 3.63) is 35.4 Å². The normalized spacial score (nSPS) is 18.9. The fraction of sp³-hybridized carbons (Fsp3) is 0.429. The van der Waals surface area contributed by atoms with E-state index in [4.69, 9.17) is 5.11 Å². The van der Waals surface area contributed by atoms with E-state index in [2.05, 4.69) is 0 Å². The van der Waals surface area contributed by atoms with Crippen LogP contribution in [0.2, 0.25) is 0 Å². The third-order valence-corrected chi connectivity index (χ3v) is 3.48. The number of rotatable bonds is 3. The largest absolute Gasteiger partial charge is 0.481 e. The number of piperidine rings is 1. The number of amides is 1. The van der Waals surface area contributed by atoms with Gasteiger partial charge in [0, 0.05) is 12.6 Å². The number of hydrogen-bond donors (Lipinski definition) is 1. The zero-order valence-electron chi connectivity index (χ0n) is 10.8. The summed E-state index contributed by atoms with van der Waals surface area (Å²) in [5, 5.41) is 8.86. The number of nitrogens with zero attached hydrogens (tertiary/aromatic N) is 1. The first-order valence-corrected chi connectivity index (χ1v) is 6.47. The lowest BCUT2D eigenvalue weighted by atomic mass is 9.98. The zero-order chi connectivity index (χ0) is 14.7. The smallest absolute Gasteiger partial charge is 0.305 e. The zero-order valence-corrected chi connectivity index (χ0v) is 10.8. The van der Waals surface area contributed by atoms with Gasteiger partial charge in [-0.15, -0.1) is 0 Å². The predicted octanol–water partition coefficient (Wildman–Crippen LogP) is 2.43. The van der Waals surface area contributed by atoms with Gasteiger partial charge in [0.2, 0.25) is 0 Å². The fourth-order valence-corrected chi connectivity index (χ4v) is 2.51. The van der Waals surface area contributed by atoms with Crippen molar-refractivity contribution in [2.45, 2.75) is 31.7 Å². The molecule has 1 amide bonds. The van der Waals surface area contributed by atoms with Crippen LogP contribution in [0.3, 0.4) is 0 Å². The van der Waals surface area contributed by atoms with Crippen molar-refractivity contribution in [1.82, 2.24) is 4.90 Å². The van der Waals surface area contributed by atoms with Crippen molar-refractivity contribution < 1.29 is 23.5 Å². The highest BCUT2D eigenvalue weighted by Gasteiger charge is 2.30. The van der Waals surface area contributed by atoms with Crippen LogP contribution < -0.4 is 0 Å². The SMILES string of the molecule is O=C(O)CC1CCCCN1C(=O)c1cccc(F)c1F. The molecule has 108 valence electrons. The number of hydrogen-bond acceptors (Lipinski definition) is 2. The molecule has 1 aromatic carbocycles. The number of halogens is 2. The number of likely N-dealkylation sites (tertiary alicyclic amines) is 1. The van der Waals surface area contributed by atoms with E-state index in [1.165, 1.54) is 17.0 Å². The number of carbonyl (C=O) groups excluding carboxylic acids is 1. The van der Waals surface area contributed by atoms with Gasteiger partial charge in [-0.3, -0.25) is 9.59 Å². The Bertz CT molecular complexity index is 533. The monoisotopic (exact) mass is 283 g/mol. The minimum atomic E-state index is -1.18. The van der Waals surface area contributed by atoms with Crippen molar-refractivity contribution in [1.29, 1.82) is 0 Å². The quantitative estimate of drug-likeness (QED) is 0.927. The standard InChI is InChI=1S/C14H15F2NO3/c15-11-6-3-5-10(13(11)16)14(20)17-7-2-1-4-9(17)8-12(18)19/h3,5-6,9H,1-2,4,7-8H2,(H,18,19). The van der Waals surface area contributed by atoms with Crippen LogP contribution in [0, 0.1) is 11.6 Å². The molecule has 1 aliphatic rings. The summed E-state index contributed by atoms with van der Waals surface area (Å²) >= 11 is 0. The lowest BCUT2D eigenvalue weighted by Gasteiger charge is -2.35. The van der Waals surface area contributed by atoms with Crippen molar-refractivity contribution >= 4 is 11.9 Å². The molecule has 0 spiro atoms. The molecule has 4 nitrogen and oxygen atoms in total.